The van der Waals surface area contributed by atoms with Crippen molar-refractivity contribution >= 4 is 5.97 Å². The number of esters is 1. The average Bonchev–Trinajstić information content (AvgIpc) is 2.12. The molecule has 0 heterocycles. The molecule has 1 unspecified atom stereocenters. The Kier molecular flexibility index (Phi) is 4.78. The lowest BCUT2D eigenvalue weighted by Crippen LogP contribution is -2.44. The monoisotopic (exact) mass is 228 g/mol. The van der Waals surface area contributed by atoms with Gasteiger partial charge in [-0.25, -0.2) is 0 Å². The van der Waals surface area contributed by atoms with Crippen molar-refractivity contribution in [3.05, 3.63) is 0 Å². The van der Waals surface area contributed by atoms with Crippen LogP contribution in [0.5, 0.6) is 0 Å². The van der Waals surface area contributed by atoms with Gasteiger partial charge in [0.2, 0.25) is 0 Å². The average molecular weight is 228 g/mol. The first-order valence-electron chi connectivity index (χ1n) is 6.22. The topological polar surface area (TPSA) is 35.5 Å². The van der Waals surface area contributed by atoms with Gasteiger partial charge in [-0.2, -0.15) is 0 Å². The molecule has 1 rings (SSSR count). The maximum absolute atomic E-state index is 11.3. The summed E-state index contributed by atoms with van der Waals surface area (Å²) in [5.41, 5.74) is -0.221. The van der Waals surface area contributed by atoms with Gasteiger partial charge in [-0.05, 0) is 38.5 Å². The van der Waals surface area contributed by atoms with Gasteiger partial charge in [-0.1, -0.05) is 13.8 Å². The lowest BCUT2D eigenvalue weighted by atomic mass is 9.77. The Morgan fingerprint density at radius 1 is 1.31 bits per heavy atom. The number of hydrogen-bond donors (Lipinski definition) is 0. The second-order valence-corrected chi connectivity index (χ2v) is 5.35. The Balaban J connectivity index is 2.43. The van der Waals surface area contributed by atoms with E-state index in [1.807, 2.05) is 0 Å². The molecule has 3 nitrogen and oxygen atoms in total. The fraction of sp³-hybridized carbons (Fsp3) is 0.923. The molecule has 1 aliphatic carbocycles. The van der Waals surface area contributed by atoms with E-state index in [0.29, 0.717) is 12.3 Å². The zero-order valence-corrected chi connectivity index (χ0v) is 10.9. The fourth-order valence-electron chi connectivity index (χ4n) is 2.38. The highest BCUT2D eigenvalue weighted by atomic mass is 16.5. The molecule has 1 atom stereocenters. The molecular formula is C13H24O3. The maximum Gasteiger partial charge on any atom is 0.308 e. The van der Waals surface area contributed by atoms with E-state index in [9.17, 15) is 4.79 Å². The van der Waals surface area contributed by atoms with Crippen LogP contribution in [0.1, 0.15) is 52.9 Å². The molecule has 94 valence electrons. The smallest absolute Gasteiger partial charge is 0.308 e. The first kappa shape index (κ1) is 13.5. The number of hydrogen-bond acceptors (Lipinski definition) is 3. The first-order valence-corrected chi connectivity index (χ1v) is 6.22. The van der Waals surface area contributed by atoms with Gasteiger partial charge in [0.15, 0.2) is 0 Å². The molecule has 0 amide bonds. The molecule has 0 aromatic heterocycles. The predicted molar refractivity (Wildman–Crippen MR) is 63.2 cm³/mol. The zero-order valence-electron chi connectivity index (χ0n) is 10.9. The third-order valence-corrected chi connectivity index (χ3v) is 3.21. The van der Waals surface area contributed by atoms with Crippen LogP contribution in [-0.4, -0.2) is 24.8 Å². The SMILES string of the molecule is COC(=O)CC1(OC(C)CC(C)C)CCC1. The molecule has 3 heteroatoms. The van der Waals surface area contributed by atoms with Gasteiger partial charge in [-0.15, -0.1) is 0 Å². The van der Waals surface area contributed by atoms with Gasteiger partial charge in [0.25, 0.3) is 0 Å². The molecule has 0 bridgehead atoms. The Morgan fingerprint density at radius 3 is 2.31 bits per heavy atom. The predicted octanol–water partition coefficient (Wildman–Crippen LogP) is 2.92. The highest BCUT2D eigenvalue weighted by molar-refractivity contribution is 5.70. The molecule has 0 N–H and O–H groups in total. The molecule has 16 heavy (non-hydrogen) atoms. The van der Waals surface area contributed by atoms with Gasteiger partial charge in [0.05, 0.1) is 25.2 Å². The minimum atomic E-state index is -0.221. The highest BCUT2D eigenvalue weighted by Gasteiger charge is 2.41. The van der Waals surface area contributed by atoms with Gasteiger partial charge in [0, 0.05) is 0 Å². The van der Waals surface area contributed by atoms with Crippen molar-refractivity contribution in [2.45, 2.75) is 64.6 Å². The van der Waals surface area contributed by atoms with E-state index >= 15 is 0 Å². The summed E-state index contributed by atoms with van der Waals surface area (Å²) in [6, 6.07) is 0. The second kappa shape index (κ2) is 5.67. The van der Waals surface area contributed by atoms with Crippen LogP contribution < -0.4 is 0 Å². The van der Waals surface area contributed by atoms with Crippen molar-refractivity contribution in [1.82, 2.24) is 0 Å². The maximum atomic E-state index is 11.3. The standard InChI is InChI=1S/C13H24O3/c1-10(2)8-11(3)16-13(6-5-7-13)9-12(14)15-4/h10-11H,5-9H2,1-4H3. The normalized spacial score (nSPS) is 20.3. The quantitative estimate of drug-likeness (QED) is 0.656. The summed E-state index contributed by atoms with van der Waals surface area (Å²) in [6.45, 7) is 6.47. The molecule has 0 aromatic carbocycles. The van der Waals surface area contributed by atoms with E-state index in [0.717, 1.165) is 25.7 Å². The number of ether oxygens (including phenoxy) is 2. The Morgan fingerprint density at radius 2 is 1.94 bits per heavy atom. The lowest BCUT2D eigenvalue weighted by Gasteiger charge is -2.43. The largest absolute Gasteiger partial charge is 0.469 e. The van der Waals surface area contributed by atoms with Crippen molar-refractivity contribution in [3.63, 3.8) is 0 Å². The van der Waals surface area contributed by atoms with Gasteiger partial charge in [-0.3, -0.25) is 4.79 Å². The van der Waals surface area contributed by atoms with E-state index in [-0.39, 0.29) is 17.7 Å². The van der Waals surface area contributed by atoms with Crippen molar-refractivity contribution < 1.29 is 14.3 Å². The summed E-state index contributed by atoms with van der Waals surface area (Å²) in [4.78, 5) is 11.3. The van der Waals surface area contributed by atoms with Crippen LogP contribution in [0.25, 0.3) is 0 Å². The van der Waals surface area contributed by atoms with Gasteiger partial charge in [0.1, 0.15) is 0 Å². The second-order valence-electron chi connectivity index (χ2n) is 5.35. The van der Waals surface area contributed by atoms with Crippen LogP contribution in [0.15, 0.2) is 0 Å². The fourth-order valence-corrected chi connectivity index (χ4v) is 2.38. The van der Waals surface area contributed by atoms with Crippen molar-refractivity contribution in [3.8, 4) is 0 Å². The van der Waals surface area contributed by atoms with E-state index < -0.39 is 0 Å². The summed E-state index contributed by atoms with van der Waals surface area (Å²) in [7, 11) is 1.44. The molecule has 0 saturated heterocycles. The molecule has 1 aliphatic rings. The summed E-state index contributed by atoms with van der Waals surface area (Å²) < 4.78 is 10.8. The molecule has 0 aromatic rings. The summed E-state index contributed by atoms with van der Waals surface area (Å²) in [5, 5.41) is 0. The summed E-state index contributed by atoms with van der Waals surface area (Å²) in [5.74, 6) is 0.474. The first-order chi connectivity index (χ1) is 7.47. The summed E-state index contributed by atoms with van der Waals surface area (Å²) >= 11 is 0. The van der Waals surface area contributed by atoms with Crippen LogP contribution in [0.2, 0.25) is 0 Å². The molecule has 0 aliphatic heterocycles. The van der Waals surface area contributed by atoms with E-state index in [4.69, 9.17) is 9.47 Å². The van der Waals surface area contributed by atoms with Crippen molar-refractivity contribution in [2.24, 2.45) is 5.92 Å². The summed E-state index contributed by atoms with van der Waals surface area (Å²) in [6.07, 6.45) is 4.82. The Labute approximate surface area is 98.5 Å². The Hall–Kier alpha value is -0.570. The van der Waals surface area contributed by atoms with Crippen LogP contribution >= 0.6 is 0 Å². The number of carbonyl (C=O) groups excluding carboxylic acids is 1. The number of carbonyl (C=O) groups is 1. The molecular weight excluding hydrogens is 204 g/mol. The Bertz CT molecular complexity index is 231. The van der Waals surface area contributed by atoms with E-state index in [1.54, 1.807) is 0 Å². The van der Waals surface area contributed by atoms with Crippen LogP contribution in [0.3, 0.4) is 0 Å². The van der Waals surface area contributed by atoms with Crippen LogP contribution in [0, 0.1) is 5.92 Å². The van der Waals surface area contributed by atoms with Gasteiger partial charge < -0.3 is 9.47 Å². The molecule has 0 spiro atoms. The molecule has 1 saturated carbocycles. The van der Waals surface area contributed by atoms with Crippen molar-refractivity contribution in [2.75, 3.05) is 7.11 Å². The molecule has 1 fully saturated rings. The van der Waals surface area contributed by atoms with Crippen LogP contribution in [0.4, 0.5) is 0 Å². The van der Waals surface area contributed by atoms with E-state index in [2.05, 4.69) is 20.8 Å². The minimum Gasteiger partial charge on any atom is -0.469 e. The number of rotatable bonds is 6. The molecule has 0 radical (unpaired) electrons. The lowest BCUT2D eigenvalue weighted by molar-refractivity contribution is -0.168. The third kappa shape index (κ3) is 3.78. The zero-order chi connectivity index (χ0) is 12.2. The highest BCUT2D eigenvalue weighted by Crippen LogP contribution is 2.40. The van der Waals surface area contributed by atoms with Crippen molar-refractivity contribution in [1.29, 1.82) is 0 Å². The van der Waals surface area contributed by atoms with Gasteiger partial charge >= 0.3 is 5.97 Å². The minimum absolute atomic E-state index is 0.156. The third-order valence-electron chi connectivity index (χ3n) is 3.21. The van der Waals surface area contributed by atoms with Crippen LogP contribution in [-0.2, 0) is 14.3 Å². The van der Waals surface area contributed by atoms with E-state index in [1.165, 1.54) is 7.11 Å². The number of methoxy groups -OCH3 is 1.